The molecule has 1 heterocycles. The van der Waals surface area contributed by atoms with Crippen molar-refractivity contribution in [2.24, 2.45) is 0 Å². The van der Waals surface area contributed by atoms with E-state index in [4.69, 9.17) is 0 Å². The Morgan fingerprint density at radius 3 is 2.46 bits per heavy atom. The molecule has 72 valence electrons. The standard InChI is InChI=1S/C8H14N4O/c1-6(13)5-12-10-7(9-11-12)8(2,3)4/h5H2,1-4H3. The Labute approximate surface area is 77.1 Å². The van der Waals surface area contributed by atoms with Gasteiger partial charge in [-0.25, -0.2) is 0 Å². The number of aromatic nitrogens is 4. The Morgan fingerprint density at radius 1 is 1.46 bits per heavy atom. The molecule has 5 nitrogen and oxygen atoms in total. The van der Waals surface area contributed by atoms with E-state index in [0.717, 1.165) is 0 Å². The Hall–Kier alpha value is -1.26. The summed E-state index contributed by atoms with van der Waals surface area (Å²) < 4.78 is 0. The zero-order valence-corrected chi connectivity index (χ0v) is 8.40. The molecule has 1 aromatic rings. The lowest BCUT2D eigenvalue weighted by molar-refractivity contribution is -0.117. The van der Waals surface area contributed by atoms with Crippen molar-refractivity contribution in [2.75, 3.05) is 0 Å². The highest BCUT2D eigenvalue weighted by molar-refractivity contribution is 5.74. The predicted octanol–water partition coefficient (Wildman–Crippen LogP) is 0.560. The van der Waals surface area contributed by atoms with E-state index >= 15 is 0 Å². The van der Waals surface area contributed by atoms with Gasteiger partial charge in [0.2, 0.25) is 0 Å². The summed E-state index contributed by atoms with van der Waals surface area (Å²) in [6, 6.07) is 0. The topological polar surface area (TPSA) is 60.7 Å². The maximum atomic E-state index is 10.7. The second-order valence-electron chi connectivity index (χ2n) is 4.10. The van der Waals surface area contributed by atoms with Crippen molar-refractivity contribution in [3.05, 3.63) is 5.82 Å². The number of nitrogens with zero attached hydrogens (tertiary/aromatic N) is 4. The molecule has 0 aliphatic heterocycles. The quantitative estimate of drug-likeness (QED) is 0.670. The summed E-state index contributed by atoms with van der Waals surface area (Å²) in [6.45, 7) is 7.70. The Bertz CT molecular complexity index is 310. The van der Waals surface area contributed by atoms with Crippen LogP contribution in [0.5, 0.6) is 0 Å². The van der Waals surface area contributed by atoms with Crippen molar-refractivity contribution in [1.82, 2.24) is 20.2 Å². The smallest absolute Gasteiger partial charge is 0.180 e. The summed E-state index contributed by atoms with van der Waals surface area (Å²) >= 11 is 0. The molecule has 0 amide bonds. The minimum atomic E-state index is -0.116. The lowest BCUT2D eigenvalue weighted by Gasteiger charge is -2.10. The zero-order chi connectivity index (χ0) is 10.1. The summed E-state index contributed by atoms with van der Waals surface area (Å²) in [6.07, 6.45) is 0. The second kappa shape index (κ2) is 3.24. The number of ketones is 1. The van der Waals surface area contributed by atoms with E-state index in [0.29, 0.717) is 5.82 Å². The predicted molar refractivity (Wildman–Crippen MR) is 47.2 cm³/mol. The molecule has 0 unspecified atom stereocenters. The number of hydrogen-bond donors (Lipinski definition) is 0. The average Bonchev–Trinajstić information content (AvgIpc) is 2.32. The van der Waals surface area contributed by atoms with Crippen LogP contribution in [-0.4, -0.2) is 26.0 Å². The van der Waals surface area contributed by atoms with Gasteiger partial charge in [0, 0.05) is 5.41 Å². The molecule has 0 aliphatic carbocycles. The fourth-order valence-electron chi connectivity index (χ4n) is 0.809. The first kappa shape index (κ1) is 9.83. The van der Waals surface area contributed by atoms with Crippen LogP contribution < -0.4 is 0 Å². The summed E-state index contributed by atoms with van der Waals surface area (Å²) in [4.78, 5) is 12.1. The first-order valence-electron chi connectivity index (χ1n) is 4.17. The lowest BCUT2D eigenvalue weighted by atomic mass is 9.96. The van der Waals surface area contributed by atoms with Gasteiger partial charge < -0.3 is 0 Å². The minimum absolute atomic E-state index is 0.0258. The minimum Gasteiger partial charge on any atom is -0.298 e. The van der Waals surface area contributed by atoms with Crippen LogP contribution in [0.4, 0.5) is 0 Å². The molecule has 5 heteroatoms. The highest BCUT2D eigenvalue weighted by atomic mass is 16.1. The van der Waals surface area contributed by atoms with Crippen LogP contribution in [0.2, 0.25) is 0 Å². The van der Waals surface area contributed by atoms with Crippen molar-refractivity contribution < 1.29 is 4.79 Å². The Morgan fingerprint density at radius 2 is 2.08 bits per heavy atom. The SMILES string of the molecule is CC(=O)Cn1nnc(C(C)(C)C)n1. The lowest BCUT2D eigenvalue weighted by Crippen LogP contribution is -2.15. The Balaban J connectivity index is 2.81. The van der Waals surface area contributed by atoms with Crippen LogP contribution in [0.3, 0.4) is 0 Å². The van der Waals surface area contributed by atoms with Gasteiger partial charge in [0.25, 0.3) is 0 Å². The summed E-state index contributed by atoms with van der Waals surface area (Å²) in [5, 5.41) is 11.7. The van der Waals surface area contributed by atoms with Crippen LogP contribution in [0.25, 0.3) is 0 Å². The van der Waals surface area contributed by atoms with Crippen LogP contribution in [0, 0.1) is 0 Å². The van der Waals surface area contributed by atoms with Gasteiger partial charge in [-0.1, -0.05) is 20.8 Å². The molecule has 0 aromatic carbocycles. The second-order valence-corrected chi connectivity index (χ2v) is 4.10. The van der Waals surface area contributed by atoms with E-state index in [-0.39, 0.29) is 17.7 Å². The summed E-state index contributed by atoms with van der Waals surface area (Å²) in [5.41, 5.74) is -0.116. The van der Waals surface area contributed by atoms with Crippen LogP contribution in [-0.2, 0) is 16.8 Å². The summed E-state index contributed by atoms with van der Waals surface area (Å²) in [5.74, 6) is 0.687. The molecule has 1 rings (SSSR count). The molecule has 0 aliphatic rings. The van der Waals surface area contributed by atoms with Gasteiger partial charge in [-0.2, -0.15) is 4.80 Å². The molecule has 0 fully saturated rings. The molecule has 0 atom stereocenters. The maximum absolute atomic E-state index is 10.7. The fraction of sp³-hybridized carbons (Fsp3) is 0.750. The van der Waals surface area contributed by atoms with Crippen molar-refractivity contribution in [3.8, 4) is 0 Å². The van der Waals surface area contributed by atoms with Crippen LogP contribution >= 0.6 is 0 Å². The van der Waals surface area contributed by atoms with E-state index in [1.54, 1.807) is 0 Å². The molecular weight excluding hydrogens is 168 g/mol. The van der Waals surface area contributed by atoms with Gasteiger partial charge >= 0.3 is 0 Å². The number of hydrogen-bond acceptors (Lipinski definition) is 4. The first-order valence-corrected chi connectivity index (χ1v) is 4.17. The summed E-state index contributed by atoms with van der Waals surface area (Å²) in [7, 11) is 0. The third-order valence-electron chi connectivity index (χ3n) is 1.49. The van der Waals surface area contributed by atoms with Gasteiger partial charge in [0.15, 0.2) is 11.6 Å². The van der Waals surface area contributed by atoms with Gasteiger partial charge in [-0.15, -0.1) is 10.2 Å². The average molecular weight is 182 g/mol. The molecule has 13 heavy (non-hydrogen) atoms. The molecule has 0 N–H and O–H groups in total. The molecule has 1 aromatic heterocycles. The molecule has 0 radical (unpaired) electrons. The van der Waals surface area contributed by atoms with Crippen molar-refractivity contribution in [2.45, 2.75) is 39.7 Å². The maximum Gasteiger partial charge on any atom is 0.180 e. The van der Waals surface area contributed by atoms with E-state index < -0.39 is 0 Å². The van der Waals surface area contributed by atoms with Crippen molar-refractivity contribution >= 4 is 5.78 Å². The number of tetrazole rings is 1. The highest BCUT2D eigenvalue weighted by Crippen LogP contribution is 2.15. The van der Waals surface area contributed by atoms with Crippen molar-refractivity contribution in [3.63, 3.8) is 0 Å². The molecule has 0 spiro atoms. The monoisotopic (exact) mass is 182 g/mol. The van der Waals surface area contributed by atoms with E-state index in [9.17, 15) is 4.79 Å². The first-order chi connectivity index (χ1) is 5.89. The molecule has 0 saturated heterocycles. The van der Waals surface area contributed by atoms with Crippen LogP contribution in [0.1, 0.15) is 33.5 Å². The van der Waals surface area contributed by atoms with E-state index in [1.807, 2.05) is 20.8 Å². The number of carbonyl (C=O) groups excluding carboxylic acids is 1. The third kappa shape index (κ3) is 2.61. The van der Waals surface area contributed by atoms with E-state index in [1.165, 1.54) is 11.7 Å². The van der Waals surface area contributed by atoms with Crippen molar-refractivity contribution in [1.29, 1.82) is 0 Å². The zero-order valence-electron chi connectivity index (χ0n) is 8.40. The fourth-order valence-corrected chi connectivity index (χ4v) is 0.809. The number of Topliss-reactive ketones (excluding diaryl/α,β-unsaturated/α-hetero) is 1. The van der Waals surface area contributed by atoms with Gasteiger partial charge in [-0.05, 0) is 12.1 Å². The normalized spacial score (nSPS) is 11.7. The van der Waals surface area contributed by atoms with Gasteiger partial charge in [0.1, 0.15) is 6.54 Å². The molecular formula is C8H14N4O. The Kier molecular flexibility index (Phi) is 2.45. The number of rotatable bonds is 2. The molecule has 0 saturated carbocycles. The molecule has 0 bridgehead atoms. The van der Waals surface area contributed by atoms with Crippen LogP contribution in [0.15, 0.2) is 0 Å². The largest absolute Gasteiger partial charge is 0.298 e. The highest BCUT2D eigenvalue weighted by Gasteiger charge is 2.19. The van der Waals surface area contributed by atoms with Gasteiger partial charge in [-0.3, -0.25) is 4.79 Å². The van der Waals surface area contributed by atoms with E-state index in [2.05, 4.69) is 15.4 Å². The number of carbonyl (C=O) groups is 1. The third-order valence-corrected chi connectivity index (χ3v) is 1.49. The van der Waals surface area contributed by atoms with Gasteiger partial charge in [0.05, 0.1) is 0 Å².